The lowest BCUT2D eigenvalue weighted by Crippen LogP contribution is -2.50. The fraction of sp³-hybridized carbons (Fsp3) is 0.286. The van der Waals surface area contributed by atoms with Gasteiger partial charge in [-0.05, 0) is 54.3 Å². The normalized spacial score (nSPS) is 15.8. The Morgan fingerprint density at radius 1 is 1.10 bits per heavy atom. The summed E-state index contributed by atoms with van der Waals surface area (Å²) in [6.45, 7) is 3.46. The molecule has 0 saturated carbocycles. The number of nitrogens with one attached hydrogen (secondary N) is 2. The first-order valence-electron chi connectivity index (χ1n) is 12.5. The lowest BCUT2D eigenvalue weighted by Gasteiger charge is -2.30. The molecule has 2 amide bonds. The van der Waals surface area contributed by atoms with Crippen LogP contribution in [0.4, 0.5) is 10.5 Å². The van der Waals surface area contributed by atoms with E-state index < -0.39 is 28.3 Å². The van der Waals surface area contributed by atoms with Crippen LogP contribution in [0.1, 0.15) is 30.7 Å². The van der Waals surface area contributed by atoms with Crippen LogP contribution in [0.15, 0.2) is 76.2 Å². The van der Waals surface area contributed by atoms with Crippen LogP contribution in [0.3, 0.4) is 0 Å². The number of nitrogens with zero attached hydrogens (tertiary/aromatic N) is 1. The molecule has 11 heteroatoms. The molecule has 2 aromatic carbocycles. The number of sulfonamides is 1. The number of furan rings is 1. The average molecular weight is 554 g/mol. The molecule has 3 aromatic rings. The third-order valence-electron chi connectivity index (χ3n) is 6.27. The second-order valence-corrected chi connectivity index (χ2v) is 11.7. The molecule has 1 aromatic heterocycles. The summed E-state index contributed by atoms with van der Waals surface area (Å²) in [4.78, 5) is 24.0. The molecule has 39 heavy (non-hydrogen) atoms. The van der Waals surface area contributed by atoms with Crippen molar-refractivity contribution in [1.29, 1.82) is 0 Å². The minimum absolute atomic E-state index is 0.0539. The number of amides is 2. The maximum Gasteiger partial charge on any atom is 0.404 e. The predicted octanol–water partition coefficient (Wildman–Crippen LogP) is 3.66. The van der Waals surface area contributed by atoms with Gasteiger partial charge in [-0.15, -0.1) is 0 Å². The molecule has 0 spiro atoms. The van der Waals surface area contributed by atoms with Gasteiger partial charge >= 0.3 is 6.09 Å². The van der Waals surface area contributed by atoms with E-state index >= 15 is 0 Å². The first-order chi connectivity index (χ1) is 18.5. The van der Waals surface area contributed by atoms with Crippen molar-refractivity contribution in [3.63, 3.8) is 0 Å². The van der Waals surface area contributed by atoms with Gasteiger partial charge in [0.2, 0.25) is 10.0 Å². The predicted molar refractivity (Wildman–Crippen MR) is 146 cm³/mol. The Kier molecular flexibility index (Phi) is 8.54. The molecule has 4 rings (SSSR count). The molecule has 0 radical (unpaired) electrons. The van der Waals surface area contributed by atoms with Crippen molar-refractivity contribution < 1.29 is 32.6 Å². The summed E-state index contributed by atoms with van der Waals surface area (Å²) in [5.74, 6) is -0.0193. The summed E-state index contributed by atoms with van der Waals surface area (Å²) in [5.41, 5.74) is 1.94. The quantitative estimate of drug-likeness (QED) is 0.265. The van der Waals surface area contributed by atoms with Crippen LogP contribution in [0, 0.1) is 5.92 Å². The van der Waals surface area contributed by atoms with Crippen molar-refractivity contribution in [3.05, 3.63) is 83.8 Å². The van der Waals surface area contributed by atoms with E-state index in [2.05, 4.69) is 10.6 Å². The molecular weight excluding hydrogens is 522 g/mol. The minimum Gasteiger partial charge on any atom is -0.465 e. The number of carbonyl (C=O) groups excluding carboxylic acids is 1. The largest absolute Gasteiger partial charge is 0.465 e. The van der Waals surface area contributed by atoms with E-state index in [0.29, 0.717) is 17.0 Å². The minimum atomic E-state index is -4.14. The summed E-state index contributed by atoms with van der Waals surface area (Å²) in [7, 11) is -4.14. The third-order valence-corrected chi connectivity index (χ3v) is 8.10. The number of benzene rings is 2. The van der Waals surface area contributed by atoms with Crippen molar-refractivity contribution in [3.8, 4) is 0 Å². The molecule has 0 saturated heterocycles. The monoisotopic (exact) mass is 553 g/mol. The molecular formula is C28H31N3O7S. The number of hydrogen-bond donors (Lipinski definition) is 4. The number of fused-ring (bicyclic) bond motifs is 1. The van der Waals surface area contributed by atoms with E-state index in [4.69, 9.17) is 4.42 Å². The Bertz CT molecular complexity index is 1450. The fourth-order valence-electron chi connectivity index (χ4n) is 4.46. The zero-order chi connectivity index (χ0) is 28.2. The topological polar surface area (TPSA) is 149 Å². The Hall–Kier alpha value is -3.93. The second-order valence-electron chi connectivity index (χ2n) is 9.76. The average Bonchev–Trinajstić information content (AvgIpc) is 3.51. The van der Waals surface area contributed by atoms with Gasteiger partial charge in [-0.25, -0.2) is 13.2 Å². The van der Waals surface area contributed by atoms with Crippen LogP contribution in [0.25, 0.3) is 11.6 Å². The Morgan fingerprint density at radius 2 is 1.85 bits per heavy atom. The van der Waals surface area contributed by atoms with E-state index in [9.17, 15) is 28.2 Å². The van der Waals surface area contributed by atoms with Gasteiger partial charge in [0.15, 0.2) is 0 Å². The molecule has 10 nitrogen and oxygen atoms in total. The number of hydrogen-bond acceptors (Lipinski definition) is 6. The van der Waals surface area contributed by atoms with Crippen molar-refractivity contribution in [2.75, 3.05) is 18.4 Å². The highest BCUT2D eigenvalue weighted by Gasteiger charge is 2.33. The molecule has 0 aliphatic carbocycles. The number of aliphatic hydroxyl groups excluding tert-OH is 1. The van der Waals surface area contributed by atoms with Crippen molar-refractivity contribution in [2.45, 2.75) is 37.3 Å². The maximum atomic E-state index is 13.8. The van der Waals surface area contributed by atoms with Crippen LogP contribution in [-0.4, -0.2) is 60.2 Å². The van der Waals surface area contributed by atoms with Gasteiger partial charge in [-0.2, -0.15) is 4.31 Å². The summed E-state index contributed by atoms with van der Waals surface area (Å²) in [6, 6.07) is 15.8. The molecule has 1 aliphatic heterocycles. The Balaban J connectivity index is 1.64. The number of aliphatic hydroxyl groups is 1. The first-order valence-corrected chi connectivity index (χ1v) is 13.9. The van der Waals surface area contributed by atoms with Gasteiger partial charge in [0.25, 0.3) is 5.91 Å². The summed E-state index contributed by atoms with van der Waals surface area (Å²) < 4.78 is 34.2. The molecule has 206 valence electrons. The summed E-state index contributed by atoms with van der Waals surface area (Å²) in [5, 5.41) is 25.5. The number of carbonyl (C=O) groups is 2. The second kappa shape index (κ2) is 11.9. The Labute approximate surface area is 227 Å². The SMILES string of the molecule is CC(C)CN(CC(O)C(Cc1ccccc1)NC(=O)O)S(=O)(=O)c1ccc2c(c1)/C(=C\c1ccco1)C(=O)N2. The molecule has 4 N–H and O–H groups in total. The molecule has 2 heterocycles. The van der Waals surface area contributed by atoms with E-state index in [0.717, 1.165) is 9.87 Å². The number of anilines is 1. The van der Waals surface area contributed by atoms with E-state index in [1.165, 1.54) is 24.5 Å². The van der Waals surface area contributed by atoms with E-state index in [1.807, 2.05) is 19.9 Å². The standard InChI is InChI=1S/C28H31N3O7S/c1-18(2)16-31(17-26(32)25(30-28(34)35)13-19-7-4-3-5-8-19)39(36,37)21-10-11-24-22(15-21)23(27(33)29-24)14-20-9-6-12-38-20/h3-12,14-15,18,25-26,30,32H,13,16-17H2,1-2H3,(H,29,33)(H,34,35)/b23-14+. The molecule has 2 unspecified atom stereocenters. The van der Waals surface area contributed by atoms with Crippen LogP contribution in [0.5, 0.6) is 0 Å². The zero-order valence-corrected chi connectivity index (χ0v) is 22.4. The summed E-state index contributed by atoms with van der Waals surface area (Å²) in [6.07, 6.45) is 0.540. The van der Waals surface area contributed by atoms with Crippen LogP contribution in [0.2, 0.25) is 0 Å². The lowest BCUT2D eigenvalue weighted by atomic mass is 10.0. The van der Waals surface area contributed by atoms with Gasteiger partial charge in [0.05, 0.1) is 28.9 Å². The van der Waals surface area contributed by atoms with Crippen molar-refractivity contribution >= 4 is 39.4 Å². The lowest BCUT2D eigenvalue weighted by molar-refractivity contribution is -0.110. The molecule has 1 aliphatic rings. The first kappa shape index (κ1) is 28.1. The smallest absolute Gasteiger partial charge is 0.404 e. The van der Waals surface area contributed by atoms with Gasteiger partial charge in [0.1, 0.15) is 5.76 Å². The highest BCUT2D eigenvalue weighted by atomic mass is 32.2. The number of rotatable bonds is 11. The van der Waals surface area contributed by atoms with Crippen molar-refractivity contribution in [1.82, 2.24) is 9.62 Å². The van der Waals surface area contributed by atoms with Gasteiger partial charge < -0.3 is 25.3 Å². The van der Waals surface area contributed by atoms with Crippen molar-refractivity contribution in [2.24, 2.45) is 5.92 Å². The summed E-state index contributed by atoms with van der Waals surface area (Å²) >= 11 is 0. The van der Waals surface area contributed by atoms with Crippen LogP contribution >= 0.6 is 0 Å². The zero-order valence-electron chi connectivity index (χ0n) is 21.6. The number of carboxylic acid groups (broad SMARTS) is 1. The highest BCUT2D eigenvalue weighted by Crippen LogP contribution is 2.35. The van der Waals surface area contributed by atoms with E-state index in [1.54, 1.807) is 42.5 Å². The maximum absolute atomic E-state index is 13.8. The molecule has 0 bridgehead atoms. The van der Waals surface area contributed by atoms with E-state index in [-0.39, 0.29) is 41.8 Å². The molecule has 2 atom stereocenters. The highest BCUT2D eigenvalue weighted by molar-refractivity contribution is 7.89. The van der Waals surface area contributed by atoms with Crippen LogP contribution < -0.4 is 10.6 Å². The van der Waals surface area contributed by atoms with Gasteiger partial charge in [0, 0.05) is 24.3 Å². The fourth-order valence-corrected chi connectivity index (χ4v) is 6.11. The van der Waals surface area contributed by atoms with Crippen LogP contribution in [-0.2, 0) is 21.2 Å². The Morgan fingerprint density at radius 3 is 2.49 bits per heavy atom. The third kappa shape index (κ3) is 6.75. The van der Waals surface area contributed by atoms with Gasteiger partial charge in [-0.1, -0.05) is 44.2 Å². The molecule has 0 fully saturated rings. The van der Waals surface area contributed by atoms with Gasteiger partial charge in [-0.3, -0.25) is 4.79 Å².